The number of phenols is 1. The first-order valence-electron chi connectivity index (χ1n) is 9.18. The van der Waals surface area contributed by atoms with E-state index in [2.05, 4.69) is 10.3 Å². The number of non-ortho nitro benzene ring substituents is 1. The second-order valence-electron chi connectivity index (χ2n) is 6.82. The van der Waals surface area contributed by atoms with Crippen molar-refractivity contribution >= 4 is 22.3 Å². The molecule has 144 valence electrons. The van der Waals surface area contributed by atoms with E-state index in [9.17, 15) is 15.2 Å². The summed E-state index contributed by atoms with van der Waals surface area (Å²) in [4.78, 5) is 15.2. The van der Waals surface area contributed by atoms with Crippen LogP contribution in [0.3, 0.4) is 0 Å². The first kappa shape index (κ1) is 18.4. The second kappa shape index (κ2) is 7.59. The Labute approximate surface area is 167 Å². The summed E-state index contributed by atoms with van der Waals surface area (Å²) < 4.78 is 0. The predicted molar refractivity (Wildman–Crippen MR) is 113 cm³/mol. The van der Waals surface area contributed by atoms with Gasteiger partial charge in [-0.05, 0) is 24.6 Å². The molecule has 1 aromatic heterocycles. The lowest BCUT2D eigenvalue weighted by atomic mass is 9.96. The lowest BCUT2D eigenvalue weighted by molar-refractivity contribution is -0.384. The largest absolute Gasteiger partial charge is 0.505 e. The first-order chi connectivity index (χ1) is 14.0. The quantitative estimate of drug-likeness (QED) is 0.357. The fourth-order valence-corrected chi connectivity index (χ4v) is 3.38. The molecule has 29 heavy (non-hydrogen) atoms. The third-order valence-corrected chi connectivity index (χ3v) is 4.82. The lowest BCUT2D eigenvalue weighted by Crippen LogP contribution is -2.13. The van der Waals surface area contributed by atoms with Gasteiger partial charge in [0.25, 0.3) is 5.69 Å². The van der Waals surface area contributed by atoms with Crippen LogP contribution in [0.1, 0.15) is 22.9 Å². The smallest absolute Gasteiger partial charge is 0.271 e. The molecule has 1 atom stereocenters. The van der Waals surface area contributed by atoms with Crippen LogP contribution in [0.25, 0.3) is 10.9 Å². The van der Waals surface area contributed by atoms with Gasteiger partial charge in [-0.15, -0.1) is 0 Å². The maximum atomic E-state index is 11.1. The van der Waals surface area contributed by atoms with Crippen LogP contribution in [-0.2, 0) is 0 Å². The molecule has 0 saturated carbocycles. The van der Waals surface area contributed by atoms with Gasteiger partial charge in [0.2, 0.25) is 0 Å². The molecule has 0 bridgehead atoms. The van der Waals surface area contributed by atoms with E-state index in [0.29, 0.717) is 16.8 Å². The number of aromatic nitrogens is 1. The highest BCUT2D eigenvalue weighted by atomic mass is 16.6. The van der Waals surface area contributed by atoms with Crippen LogP contribution in [0.2, 0.25) is 0 Å². The maximum absolute atomic E-state index is 11.1. The summed E-state index contributed by atoms with van der Waals surface area (Å²) in [5.41, 5.74) is 3.50. The molecule has 0 saturated heterocycles. The van der Waals surface area contributed by atoms with E-state index in [4.69, 9.17) is 0 Å². The lowest BCUT2D eigenvalue weighted by Gasteiger charge is -2.22. The van der Waals surface area contributed by atoms with Gasteiger partial charge in [0.1, 0.15) is 11.3 Å². The minimum absolute atomic E-state index is 0.00170. The molecule has 3 aromatic carbocycles. The number of nitro groups is 1. The van der Waals surface area contributed by atoms with Crippen LogP contribution in [0.15, 0.2) is 78.9 Å². The number of rotatable bonds is 5. The molecule has 2 N–H and O–H groups in total. The van der Waals surface area contributed by atoms with Crippen LogP contribution in [-0.4, -0.2) is 15.0 Å². The Kier molecular flexibility index (Phi) is 4.83. The second-order valence-corrected chi connectivity index (χ2v) is 6.82. The number of fused-ring (bicyclic) bond motifs is 1. The Bertz CT molecular complexity index is 1190. The number of anilines is 1. The Hall–Kier alpha value is -3.93. The van der Waals surface area contributed by atoms with E-state index in [1.807, 2.05) is 61.5 Å². The average molecular weight is 385 g/mol. The first-order valence-corrected chi connectivity index (χ1v) is 9.18. The number of aromatic hydroxyl groups is 1. The van der Waals surface area contributed by atoms with E-state index >= 15 is 0 Å². The van der Waals surface area contributed by atoms with E-state index in [-0.39, 0.29) is 11.4 Å². The molecule has 1 unspecified atom stereocenters. The van der Waals surface area contributed by atoms with Gasteiger partial charge in [-0.25, -0.2) is 4.98 Å². The third kappa shape index (κ3) is 3.73. The van der Waals surface area contributed by atoms with E-state index in [1.54, 1.807) is 12.1 Å². The topological polar surface area (TPSA) is 88.3 Å². The molecule has 0 spiro atoms. The molecule has 6 heteroatoms. The molecule has 4 rings (SSSR count). The maximum Gasteiger partial charge on any atom is 0.271 e. The SMILES string of the molecule is Cc1ccc2ccc(C(Nc3cccc([N+](=O)[O-])c3)c3ccccc3)c(O)c2n1. The number of aryl methyl sites for hydroxylation is 1. The van der Waals surface area contributed by atoms with Gasteiger partial charge < -0.3 is 10.4 Å². The molecule has 0 amide bonds. The molecule has 0 aliphatic carbocycles. The zero-order valence-electron chi connectivity index (χ0n) is 15.7. The van der Waals surface area contributed by atoms with Gasteiger partial charge in [-0.2, -0.15) is 0 Å². The highest BCUT2D eigenvalue weighted by Gasteiger charge is 2.20. The molecule has 0 fully saturated rings. The monoisotopic (exact) mass is 385 g/mol. The van der Waals surface area contributed by atoms with Gasteiger partial charge in [-0.1, -0.05) is 54.6 Å². The van der Waals surface area contributed by atoms with Crippen LogP contribution in [0.4, 0.5) is 11.4 Å². The van der Waals surface area contributed by atoms with Crippen molar-refractivity contribution in [2.45, 2.75) is 13.0 Å². The van der Waals surface area contributed by atoms with Crippen molar-refractivity contribution in [3.63, 3.8) is 0 Å². The van der Waals surface area contributed by atoms with Gasteiger partial charge in [0.15, 0.2) is 0 Å². The van der Waals surface area contributed by atoms with Crippen LogP contribution in [0, 0.1) is 17.0 Å². The Balaban J connectivity index is 1.84. The summed E-state index contributed by atoms with van der Waals surface area (Å²) in [7, 11) is 0. The predicted octanol–water partition coefficient (Wildman–Crippen LogP) is 5.36. The molecular formula is C23H19N3O3. The molecule has 6 nitrogen and oxygen atoms in total. The van der Waals surface area contributed by atoms with Gasteiger partial charge in [-0.3, -0.25) is 10.1 Å². The molecule has 0 radical (unpaired) electrons. The van der Waals surface area contributed by atoms with Crippen molar-refractivity contribution < 1.29 is 10.0 Å². The van der Waals surface area contributed by atoms with Crippen molar-refractivity contribution in [2.24, 2.45) is 0 Å². The highest BCUT2D eigenvalue weighted by Crippen LogP contribution is 2.37. The summed E-state index contributed by atoms with van der Waals surface area (Å²) in [6.45, 7) is 1.88. The van der Waals surface area contributed by atoms with Crippen LogP contribution < -0.4 is 5.32 Å². The minimum Gasteiger partial charge on any atom is -0.505 e. The number of nitrogens with one attached hydrogen (secondary N) is 1. The van der Waals surface area contributed by atoms with Crippen molar-refractivity contribution in [1.29, 1.82) is 0 Å². The minimum atomic E-state index is -0.428. The fourth-order valence-electron chi connectivity index (χ4n) is 3.38. The van der Waals surface area contributed by atoms with Gasteiger partial charge in [0.05, 0.1) is 11.0 Å². The highest BCUT2D eigenvalue weighted by molar-refractivity contribution is 5.86. The normalized spacial score (nSPS) is 11.9. The molecule has 0 aliphatic heterocycles. The average Bonchev–Trinajstić information content (AvgIpc) is 2.74. The van der Waals surface area contributed by atoms with Crippen molar-refractivity contribution in [2.75, 3.05) is 5.32 Å². The van der Waals surface area contributed by atoms with Crippen molar-refractivity contribution in [1.82, 2.24) is 4.98 Å². The molecule has 4 aromatic rings. The number of nitrogens with zero attached hydrogens (tertiary/aromatic N) is 2. The number of pyridine rings is 1. The van der Waals surface area contributed by atoms with Crippen LogP contribution in [0.5, 0.6) is 5.75 Å². The Morgan fingerprint density at radius 3 is 2.52 bits per heavy atom. The van der Waals surface area contributed by atoms with E-state index in [1.165, 1.54) is 12.1 Å². The van der Waals surface area contributed by atoms with Crippen molar-refractivity contribution in [3.05, 3.63) is 106 Å². The summed E-state index contributed by atoms with van der Waals surface area (Å²) in [6, 6.07) is 23.2. The number of hydrogen-bond acceptors (Lipinski definition) is 5. The van der Waals surface area contributed by atoms with E-state index in [0.717, 1.165) is 16.6 Å². The van der Waals surface area contributed by atoms with Crippen LogP contribution >= 0.6 is 0 Å². The summed E-state index contributed by atoms with van der Waals surface area (Å²) in [5, 5.41) is 26.3. The Morgan fingerprint density at radius 1 is 1.00 bits per heavy atom. The van der Waals surface area contributed by atoms with Gasteiger partial charge >= 0.3 is 0 Å². The Morgan fingerprint density at radius 2 is 1.76 bits per heavy atom. The standard InChI is InChI=1S/C23H19N3O3/c1-15-10-11-17-12-13-20(23(27)22(17)24-15)21(16-6-3-2-4-7-16)25-18-8-5-9-19(14-18)26(28)29/h2-14,21,25,27H,1H3. The number of hydrogen-bond donors (Lipinski definition) is 2. The summed E-state index contributed by atoms with van der Waals surface area (Å²) in [6.07, 6.45) is 0. The zero-order chi connectivity index (χ0) is 20.4. The molecular weight excluding hydrogens is 366 g/mol. The zero-order valence-corrected chi connectivity index (χ0v) is 15.7. The fraction of sp³-hybridized carbons (Fsp3) is 0.0870. The third-order valence-electron chi connectivity index (χ3n) is 4.82. The number of nitro benzene ring substituents is 1. The number of phenolic OH excluding ortho intramolecular Hbond substituents is 1. The summed E-state index contributed by atoms with van der Waals surface area (Å²) >= 11 is 0. The van der Waals surface area contributed by atoms with E-state index < -0.39 is 11.0 Å². The van der Waals surface area contributed by atoms with Crippen molar-refractivity contribution in [3.8, 4) is 5.75 Å². The number of benzene rings is 3. The molecule has 1 heterocycles. The molecule has 0 aliphatic rings. The summed E-state index contributed by atoms with van der Waals surface area (Å²) in [5.74, 6) is 0.0954. The van der Waals surface area contributed by atoms with Gasteiger partial charge in [0, 0.05) is 34.5 Å².